The van der Waals surface area contributed by atoms with Crippen molar-refractivity contribution in [3.63, 3.8) is 0 Å². The Morgan fingerprint density at radius 3 is 2.62 bits per heavy atom. The van der Waals surface area contributed by atoms with Gasteiger partial charge in [-0.05, 0) is 25.1 Å². The lowest BCUT2D eigenvalue weighted by molar-refractivity contribution is 0.101. The van der Waals surface area contributed by atoms with E-state index in [0.717, 1.165) is 0 Å². The summed E-state index contributed by atoms with van der Waals surface area (Å²) in [4.78, 5) is 37.0. The minimum Gasteiger partial charge on any atom is -0.294 e. The monoisotopic (exact) mass is 275 g/mol. The second-order valence-corrected chi connectivity index (χ2v) is 4.89. The van der Waals surface area contributed by atoms with Crippen LogP contribution in [0.4, 0.5) is 0 Å². The first-order valence-electron chi connectivity index (χ1n) is 6.47. The predicted molar refractivity (Wildman–Crippen MR) is 76.2 cm³/mol. The molecule has 3 heterocycles. The second kappa shape index (κ2) is 4.02. The molecule has 100 valence electrons. The number of rotatable bonds is 1. The topological polar surface area (TPSA) is 72.8 Å². The lowest BCUT2D eigenvalue weighted by Gasteiger charge is -2.17. The number of ketones is 2. The zero-order valence-corrected chi connectivity index (χ0v) is 11.1. The standard InChI is InChI=1S/C16H9N3O2/c1-8(20)11-7-19-13-10-3-2-5-17-14(10)16(21)15-12(13)9(11)4-6-18-15/h2-7H,1H3. The maximum Gasteiger partial charge on any atom is 0.231 e. The molecule has 0 radical (unpaired) electrons. The van der Waals surface area contributed by atoms with Crippen molar-refractivity contribution in [2.75, 3.05) is 0 Å². The van der Waals surface area contributed by atoms with Crippen molar-refractivity contribution in [3.05, 3.63) is 53.7 Å². The summed E-state index contributed by atoms with van der Waals surface area (Å²) in [6, 6.07) is 5.32. The molecule has 3 aromatic heterocycles. The highest BCUT2D eigenvalue weighted by atomic mass is 16.1. The number of aromatic nitrogens is 3. The van der Waals surface area contributed by atoms with E-state index in [4.69, 9.17) is 0 Å². The molecule has 0 fully saturated rings. The maximum atomic E-state index is 12.5. The maximum absolute atomic E-state index is 12.5. The molecule has 0 aromatic carbocycles. The third-order valence-electron chi connectivity index (χ3n) is 3.67. The van der Waals surface area contributed by atoms with E-state index in [-0.39, 0.29) is 11.6 Å². The van der Waals surface area contributed by atoms with E-state index in [1.807, 2.05) is 6.07 Å². The molecule has 0 amide bonds. The molecule has 5 heteroatoms. The van der Waals surface area contributed by atoms with Gasteiger partial charge in [-0.2, -0.15) is 0 Å². The summed E-state index contributed by atoms with van der Waals surface area (Å²) < 4.78 is 0. The summed E-state index contributed by atoms with van der Waals surface area (Å²) in [7, 11) is 0. The van der Waals surface area contributed by atoms with Gasteiger partial charge in [0.05, 0.1) is 5.69 Å². The molecule has 0 unspecified atom stereocenters. The Balaban J connectivity index is 2.23. The van der Waals surface area contributed by atoms with Crippen LogP contribution < -0.4 is 0 Å². The van der Waals surface area contributed by atoms with Crippen molar-refractivity contribution in [2.24, 2.45) is 0 Å². The molecule has 4 rings (SSSR count). The molecule has 3 aromatic rings. The molecule has 5 nitrogen and oxygen atoms in total. The SMILES string of the molecule is CC(=O)c1cnc2c3c(nccc13)C(=O)c1ncccc1-2. The zero-order chi connectivity index (χ0) is 14.6. The van der Waals surface area contributed by atoms with Gasteiger partial charge in [0.2, 0.25) is 5.78 Å². The molecule has 0 saturated heterocycles. The molecular weight excluding hydrogens is 266 g/mol. The highest BCUT2D eigenvalue weighted by Gasteiger charge is 2.29. The number of hydrogen-bond acceptors (Lipinski definition) is 5. The Bertz CT molecular complexity index is 947. The van der Waals surface area contributed by atoms with Gasteiger partial charge in [-0.1, -0.05) is 0 Å². The van der Waals surface area contributed by atoms with Crippen LogP contribution in [0.3, 0.4) is 0 Å². The zero-order valence-electron chi connectivity index (χ0n) is 11.1. The normalized spacial score (nSPS) is 12.3. The summed E-state index contributed by atoms with van der Waals surface area (Å²) in [6.07, 6.45) is 4.67. The van der Waals surface area contributed by atoms with Gasteiger partial charge in [0.25, 0.3) is 0 Å². The Kier molecular flexibility index (Phi) is 2.27. The van der Waals surface area contributed by atoms with Gasteiger partial charge in [-0.25, -0.2) is 0 Å². The number of hydrogen-bond donors (Lipinski definition) is 0. The van der Waals surface area contributed by atoms with Crippen LogP contribution in [-0.4, -0.2) is 26.5 Å². The molecule has 21 heavy (non-hydrogen) atoms. The van der Waals surface area contributed by atoms with Crippen molar-refractivity contribution in [1.82, 2.24) is 15.0 Å². The highest BCUT2D eigenvalue weighted by molar-refractivity contribution is 6.25. The van der Waals surface area contributed by atoms with Gasteiger partial charge in [-0.15, -0.1) is 0 Å². The Hall–Kier alpha value is -2.95. The molecule has 0 bridgehead atoms. The molecule has 1 aliphatic rings. The van der Waals surface area contributed by atoms with E-state index in [9.17, 15) is 9.59 Å². The third-order valence-corrected chi connectivity index (χ3v) is 3.67. The minimum atomic E-state index is -0.230. The molecule has 0 N–H and O–H groups in total. The number of nitrogens with zero attached hydrogens (tertiary/aromatic N) is 3. The van der Waals surface area contributed by atoms with E-state index in [0.29, 0.717) is 39.0 Å². The molecule has 0 atom stereocenters. The van der Waals surface area contributed by atoms with Gasteiger partial charge in [-0.3, -0.25) is 24.5 Å². The average molecular weight is 275 g/mol. The number of Topliss-reactive ketones (excluding diaryl/α,β-unsaturated/α-hetero) is 1. The number of pyridine rings is 3. The van der Waals surface area contributed by atoms with Gasteiger partial charge >= 0.3 is 0 Å². The summed E-state index contributed by atoms with van der Waals surface area (Å²) in [5.41, 5.74) is 2.50. The molecule has 1 aliphatic carbocycles. The summed E-state index contributed by atoms with van der Waals surface area (Å²) in [5, 5.41) is 1.34. The first kappa shape index (κ1) is 11.8. The first-order valence-corrected chi connectivity index (χ1v) is 6.47. The lowest BCUT2D eigenvalue weighted by Crippen LogP contribution is -2.15. The number of fused-ring (bicyclic) bond motifs is 2. The minimum absolute atomic E-state index is 0.0874. The van der Waals surface area contributed by atoms with E-state index in [1.54, 1.807) is 30.7 Å². The molecule has 0 saturated carbocycles. The van der Waals surface area contributed by atoms with Crippen LogP contribution >= 0.6 is 0 Å². The summed E-state index contributed by atoms with van der Waals surface area (Å²) in [6.45, 7) is 1.49. The van der Waals surface area contributed by atoms with E-state index < -0.39 is 0 Å². The highest BCUT2D eigenvalue weighted by Crippen LogP contribution is 2.37. The van der Waals surface area contributed by atoms with E-state index in [1.165, 1.54) is 6.92 Å². The average Bonchev–Trinajstić information content (AvgIpc) is 2.51. The van der Waals surface area contributed by atoms with Gasteiger partial charge < -0.3 is 0 Å². The number of carbonyl (C=O) groups is 2. The van der Waals surface area contributed by atoms with Crippen LogP contribution in [0.25, 0.3) is 22.0 Å². The smallest absolute Gasteiger partial charge is 0.231 e. The van der Waals surface area contributed by atoms with Crippen molar-refractivity contribution in [3.8, 4) is 11.3 Å². The van der Waals surface area contributed by atoms with Gasteiger partial charge in [0, 0.05) is 40.5 Å². The van der Waals surface area contributed by atoms with Crippen LogP contribution in [-0.2, 0) is 0 Å². The van der Waals surface area contributed by atoms with Crippen molar-refractivity contribution >= 4 is 22.3 Å². The Morgan fingerprint density at radius 2 is 1.81 bits per heavy atom. The van der Waals surface area contributed by atoms with Crippen LogP contribution in [0.2, 0.25) is 0 Å². The summed E-state index contributed by atoms with van der Waals surface area (Å²) in [5.74, 6) is -0.318. The quantitative estimate of drug-likeness (QED) is 0.499. The first-order chi connectivity index (χ1) is 10.2. The van der Waals surface area contributed by atoms with E-state index in [2.05, 4.69) is 15.0 Å². The van der Waals surface area contributed by atoms with Crippen LogP contribution in [0.1, 0.15) is 33.5 Å². The van der Waals surface area contributed by atoms with E-state index >= 15 is 0 Å². The number of carbonyl (C=O) groups excluding carboxylic acids is 2. The van der Waals surface area contributed by atoms with Crippen molar-refractivity contribution in [1.29, 1.82) is 0 Å². The fourth-order valence-electron chi connectivity index (χ4n) is 2.74. The lowest BCUT2D eigenvalue weighted by atomic mass is 9.90. The fourth-order valence-corrected chi connectivity index (χ4v) is 2.74. The predicted octanol–water partition coefficient (Wildman–Crippen LogP) is 2.44. The third kappa shape index (κ3) is 1.48. The Labute approximate surface area is 119 Å². The van der Waals surface area contributed by atoms with Crippen molar-refractivity contribution < 1.29 is 9.59 Å². The fraction of sp³-hybridized carbons (Fsp3) is 0.0625. The van der Waals surface area contributed by atoms with Crippen LogP contribution in [0.5, 0.6) is 0 Å². The molecular formula is C16H9N3O2. The molecule has 0 spiro atoms. The van der Waals surface area contributed by atoms with Crippen LogP contribution in [0, 0.1) is 0 Å². The largest absolute Gasteiger partial charge is 0.294 e. The summed E-state index contributed by atoms with van der Waals surface area (Å²) >= 11 is 0. The van der Waals surface area contributed by atoms with Gasteiger partial charge in [0.1, 0.15) is 11.4 Å². The van der Waals surface area contributed by atoms with Crippen molar-refractivity contribution in [2.45, 2.75) is 6.92 Å². The van der Waals surface area contributed by atoms with Crippen LogP contribution in [0.15, 0.2) is 36.8 Å². The Morgan fingerprint density at radius 1 is 1.00 bits per heavy atom. The molecule has 0 aliphatic heterocycles. The second-order valence-electron chi connectivity index (χ2n) is 4.89. The van der Waals surface area contributed by atoms with Gasteiger partial charge in [0.15, 0.2) is 5.78 Å².